The molecule has 2 aromatic rings. The summed E-state index contributed by atoms with van der Waals surface area (Å²) in [6.07, 6.45) is -2.39. The van der Waals surface area contributed by atoms with Gasteiger partial charge in [0.2, 0.25) is 0 Å². The van der Waals surface area contributed by atoms with Gasteiger partial charge in [-0.2, -0.15) is 0 Å². The van der Waals surface area contributed by atoms with E-state index < -0.39 is 48.0 Å². The first-order valence-electron chi connectivity index (χ1n) is 10.3. The first kappa shape index (κ1) is 21.5. The molecule has 0 aliphatic carbocycles. The Morgan fingerprint density at radius 2 is 1.84 bits per heavy atom. The molecule has 0 saturated carbocycles. The normalized spacial score (nSPS) is 25.9. The van der Waals surface area contributed by atoms with Crippen molar-refractivity contribution in [2.24, 2.45) is 0 Å². The summed E-state index contributed by atoms with van der Waals surface area (Å²) in [7, 11) is 0. The molecule has 1 unspecified atom stereocenters. The monoisotopic (exact) mass is 431 g/mol. The molecule has 1 aromatic heterocycles. The van der Waals surface area contributed by atoms with Gasteiger partial charge < -0.3 is 28.7 Å². The number of fused-ring (bicyclic) bond motifs is 2. The molecule has 4 rings (SSSR count). The van der Waals surface area contributed by atoms with Crippen LogP contribution in [0.1, 0.15) is 42.8 Å². The summed E-state index contributed by atoms with van der Waals surface area (Å²) in [5.74, 6) is -1.10. The molecular weight excluding hydrogens is 406 g/mol. The number of pyridine rings is 1. The number of hydrogen-bond donors (Lipinski definition) is 1. The summed E-state index contributed by atoms with van der Waals surface area (Å²) in [6.45, 7) is 5.41. The summed E-state index contributed by atoms with van der Waals surface area (Å²) in [4.78, 5) is 39.4. The second kappa shape index (κ2) is 8.78. The van der Waals surface area contributed by atoms with E-state index in [2.05, 4.69) is 4.98 Å². The number of ether oxygens (including phenoxy) is 5. The zero-order chi connectivity index (χ0) is 22.1. The third-order valence-corrected chi connectivity index (χ3v) is 5.51. The fraction of sp³-hybridized carbons (Fsp3) is 0.500. The maximum Gasteiger partial charge on any atom is 0.344 e. The highest BCUT2D eigenvalue weighted by molar-refractivity contribution is 5.97. The highest BCUT2D eigenvalue weighted by Crippen LogP contribution is 2.35. The van der Waals surface area contributed by atoms with Gasteiger partial charge >= 0.3 is 11.9 Å². The molecular formula is C22H25NO8. The van der Waals surface area contributed by atoms with Gasteiger partial charge in [0.25, 0.3) is 5.56 Å². The van der Waals surface area contributed by atoms with Crippen LogP contribution in [0.5, 0.6) is 0 Å². The number of nitrogens with one attached hydrogen (secondary N) is 1. The van der Waals surface area contributed by atoms with Crippen molar-refractivity contribution in [1.29, 1.82) is 0 Å². The Balaban J connectivity index is 1.64. The van der Waals surface area contributed by atoms with Gasteiger partial charge in [-0.3, -0.25) is 9.59 Å². The van der Waals surface area contributed by atoms with Crippen LogP contribution >= 0.6 is 0 Å². The van der Waals surface area contributed by atoms with Crippen molar-refractivity contribution >= 4 is 22.8 Å². The lowest BCUT2D eigenvalue weighted by Gasteiger charge is -2.24. The average molecular weight is 431 g/mol. The zero-order valence-electron chi connectivity index (χ0n) is 17.6. The molecule has 0 radical (unpaired) electrons. The Morgan fingerprint density at radius 3 is 2.55 bits per heavy atom. The predicted octanol–water partition coefficient (Wildman–Crippen LogP) is 1.88. The summed E-state index contributed by atoms with van der Waals surface area (Å²) < 4.78 is 28.2. The molecule has 2 aliphatic rings. The second-order valence-electron chi connectivity index (χ2n) is 7.57. The predicted molar refractivity (Wildman–Crippen MR) is 109 cm³/mol. The molecule has 3 heterocycles. The van der Waals surface area contributed by atoms with Crippen molar-refractivity contribution < 1.29 is 33.3 Å². The molecule has 9 nitrogen and oxygen atoms in total. The van der Waals surface area contributed by atoms with Gasteiger partial charge in [0.05, 0.1) is 25.9 Å². The van der Waals surface area contributed by atoms with Crippen LogP contribution in [0.15, 0.2) is 29.1 Å². The lowest BCUT2D eigenvalue weighted by atomic mass is 9.98. The summed E-state index contributed by atoms with van der Waals surface area (Å²) in [5.41, 5.74) is 0.443. The van der Waals surface area contributed by atoms with Gasteiger partial charge in [-0.05, 0) is 19.9 Å². The summed E-state index contributed by atoms with van der Waals surface area (Å²) >= 11 is 0. The van der Waals surface area contributed by atoms with E-state index >= 15 is 0 Å². The molecule has 1 N–H and O–H groups in total. The van der Waals surface area contributed by atoms with Crippen molar-refractivity contribution in [3.05, 3.63) is 45.7 Å². The van der Waals surface area contributed by atoms with Gasteiger partial charge in [0.1, 0.15) is 23.9 Å². The maximum absolute atomic E-state index is 12.7. The van der Waals surface area contributed by atoms with Gasteiger partial charge in [-0.1, -0.05) is 18.2 Å². The molecule has 2 fully saturated rings. The van der Waals surface area contributed by atoms with Gasteiger partial charge in [-0.15, -0.1) is 0 Å². The van der Waals surface area contributed by atoms with Crippen LogP contribution in [0.2, 0.25) is 0 Å². The molecule has 9 heteroatoms. The number of hydrogen-bond acceptors (Lipinski definition) is 8. The first-order chi connectivity index (χ1) is 14.9. The van der Waals surface area contributed by atoms with Crippen LogP contribution in [0.25, 0.3) is 10.9 Å². The fourth-order valence-corrected chi connectivity index (χ4v) is 4.29. The zero-order valence-corrected chi connectivity index (χ0v) is 17.6. The SMILES string of the molecule is CCOC(=O)c1c(C(C)O[C@H]2CO[C@H]3[C@@H]2OC[C@@H]3OC(C)=O)c2ccccc2[nH]c1=O. The third-order valence-electron chi connectivity index (χ3n) is 5.51. The van der Waals surface area contributed by atoms with Crippen LogP contribution in [0.4, 0.5) is 0 Å². The van der Waals surface area contributed by atoms with Gasteiger partial charge in [0.15, 0.2) is 6.10 Å². The Kier molecular flexibility index (Phi) is 6.08. The number of aromatic amines is 1. The molecule has 0 spiro atoms. The maximum atomic E-state index is 12.7. The Labute approximate surface area is 178 Å². The third kappa shape index (κ3) is 4.08. The van der Waals surface area contributed by atoms with Crippen LogP contribution in [0.3, 0.4) is 0 Å². The van der Waals surface area contributed by atoms with Crippen molar-refractivity contribution in [2.75, 3.05) is 19.8 Å². The largest absolute Gasteiger partial charge is 0.462 e. The summed E-state index contributed by atoms with van der Waals surface area (Å²) in [6, 6.07) is 7.21. The molecule has 2 aliphatic heterocycles. The number of esters is 2. The standard InChI is InChI=1S/C22H25NO8/c1-4-27-22(26)18-17(13-7-5-6-8-14(13)23-21(18)25)11(2)30-15-9-28-20-16(31-12(3)24)10-29-19(15)20/h5-8,11,15-16,19-20H,4,9-10H2,1-3H3,(H,23,25)/t11?,15-,16-,19+,20+/m0/s1. The number of carbonyl (C=O) groups excluding carboxylic acids is 2. The molecule has 0 bridgehead atoms. The average Bonchev–Trinajstić information content (AvgIpc) is 3.30. The minimum Gasteiger partial charge on any atom is -0.462 e. The van der Waals surface area contributed by atoms with Crippen LogP contribution in [-0.2, 0) is 28.5 Å². The number of para-hydroxylation sites is 1. The topological polar surface area (TPSA) is 113 Å². The van der Waals surface area contributed by atoms with Crippen LogP contribution < -0.4 is 5.56 Å². The minimum absolute atomic E-state index is 0.0753. The van der Waals surface area contributed by atoms with Crippen LogP contribution in [0, 0.1) is 0 Å². The Bertz CT molecular complexity index is 1050. The minimum atomic E-state index is -0.701. The van der Waals surface area contributed by atoms with Gasteiger partial charge in [-0.25, -0.2) is 4.79 Å². The molecule has 0 amide bonds. The number of aromatic nitrogens is 1. The van der Waals surface area contributed by atoms with E-state index in [9.17, 15) is 14.4 Å². The number of rotatable bonds is 6. The Morgan fingerprint density at radius 1 is 1.16 bits per heavy atom. The van der Waals surface area contributed by atoms with E-state index in [1.165, 1.54) is 6.92 Å². The van der Waals surface area contributed by atoms with E-state index in [1.807, 2.05) is 12.1 Å². The van der Waals surface area contributed by atoms with E-state index in [0.29, 0.717) is 16.5 Å². The highest BCUT2D eigenvalue weighted by atomic mass is 16.7. The van der Waals surface area contributed by atoms with Gasteiger partial charge in [0, 0.05) is 23.4 Å². The molecule has 1 aromatic carbocycles. The van der Waals surface area contributed by atoms with Crippen molar-refractivity contribution in [1.82, 2.24) is 4.98 Å². The first-order valence-corrected chi connectivity index (χ1v) is 10.3. The lowest BCUT2D eigenvalue weighted by Crippen LogP contribution is -2.35. The van der Waals surface area contributed by atoms with E-state index in [4.69, 9.17) is 23.7 Å². The van der Waals surface area contributed by atoms with Crippen molar-refractivity contribution in [3.63, 3.8) is 0 Å². The molecule has 31 heavy (non-hydrogen) atoms. The van der Waals surface area contributed by atoms with E-state index in [1.54, 1.807) is 26.0 Å². The van der Waals surface area contributed by atoms with Crippen molar-refractivity contribution in [3.8, 4) is 0 Å². The lowest BCUT2D eigenvalue weighted by molar-refractivity contribution is -0.151. The number of carbonyl (C=O) groups is 2. The van der Waals surface area contributed by atoms with E-state index in [0.717, 1.165) is 0 Å². The van der Waals surface area contributed by atoms with Crippen molar-refractivity contribution in [2.45, 2.75) is 51.3 Å². The van der Waals surface area contributed by atoms with E-state index in [-0.39, 0.29) is 25.4 Å². The molecule has 2 saturated heterocycles. The summed E-state index contributed by atoms with van der Waals surface area (Å²) in [5, 5.41) is 0.693. The highest BCUT2D eigenvalue weighted by Gasteiger charge is 2.50. The number of H-pyrrole nitrogens is 1. The Hall–Kier alpha value is -2.75. The quantitative estimate of drug-likeness (QED) is 0.690. The number of benzene rings is 1. The second-order valence-corrected chi connectivity index (χ2v) is 7.57. The molecule has 166 valence electrons. The molecule has 5 atom stereocenters. The fourth-order valence-electron chi connectivity index (χ4n) is 4.29. The van der Waals surface area contributed by atoms with Crippen LogP contribution in [-0.4, -0.2) is 61.2 Å². The smallest absolute Gasteiger partial charge is 0.344 e.